The van der Waals surface area contributed by atoms with Crippen LogP contribution in [0.15, 0.2) is 42.6 Å². The van der Waals surface area contributed by atoms with Crippen molar-refractivity contribution in [1.29, 1.82) is 0 Å². The SMILES string of the molecule is C=C(C)C(=O)c1ccc(-n2cc3c(n2)CCN(CC(=O)N2CCN(C4CCC4)CC2)C3)cc1. The standard InChI is InChI=1S/C26H33N5O2/c1-19(2)26(33)20-6-8-23(9-7-20)31-17-21-16-28(11-10-24(21)27-31)18-25(32)30-14-12-29(13-15-30)22-4-3-5-22/h6-9,17,22H,1,3-5,10-16,18H2,2H3. The minimum atomic E-state index is -0.0360. The van der Waals surface area contributed by atoms with E-state index in [9.17, 15) is 9.59 Å². The van der Waals surface area contributed by atoms with Crippen LogP contribution in [0.25, 0.3) is 5.69 Å². The number of ketones is 1. The van der Waals surface area contributed by atoms with Gasteiger partial charge < -0.3 is 4.90 Å². The van der Waals surface area contributed by atoms with Gasteiger partial charge in [-0.2, -0.15) is 5.10 Å². The van der Waals surface area contributed by atoms with E-state index in [2.05, 4.69) is 22.6 Å². The van der Waals surface area contributed by atoms with Crippen molar-refractivity contribution in [3.05, 3.63) is 59.4 Å². The summed E-state index contributed by atoms with van der Waals surface area (Å²) in [5.74, 6) is 0.211. The molecule has 2 aromatic rings. The number of hydrogen-bond donors (Lipinski definition) is 0. The van der Waals surface area contributed by atoms with Gasteiger partial charge in [0, 0.05) is 69.1 Å². The summed E-state index contributed by atoms with van der Waals surface area (Å²) < 4.78 is 1.88. The van der Waals surface area contributed by atoms with Crippen LogP contribution < -0.4 is 0 Å². The molecule has 0 N–H and O–H groups in total. The van der Waals surface area contributed by atoms with Crippen molar-refractivity contribution in [2.24, 2.45) is 0 Å². The summed E-state index contributed by atoms with van der Waals surface area (Å²) in [6.45, 7) is 11.3. The largest absolute Gasteiger partial charge is 0.339 e. The Morgan fingerprint density at radius 2 is 1.79 bits per heavy atom. The minimum absolute atomic E-state index is 0.0360. The highest BCUT2D eigenvalue weighted by atomic mass is 16.2. The molecule has 5 rings (SSSR count). The molecule has 0 bridgehead atoms. The average Bonchev–Trinajstić information content (AvgIpc) is 3.21. The smallest absolute Gasteiger partial charge is 0.236 e. The molecule has 1 aromatic heterocycles. The number of Topliss-reactive ketones (excluding diaryl/α,β-unsaturated/α-hetero) is 1. The van der Waals surface area contributed by atoms with E-state index in [1.165, 1.54) is 24.8 Å². The van der Waals surface area contributed by atoms with Crippen LogP contribution in [0.4, 0.5) is 0 Å². The molecule has 33 heavy (non-hydrogen) atoms. The van der Waals surface area contributed by atoms with Crippen LogP contribution in [0.3, 0.4) is 0 Å². The number of aromatic nitrogens is 2. The van der Waals surface area contributed by atoms with Crippen LogP contribution in [0.1, 0.15) is 47.8 Å². The van der Waals surface area contributed by atoms with Gasteiger partial charge in [0.1, 0.15) is 0 Å². The van der Waals surface area contributed by atoms with E-state index in [1.54, 1.807) is 6.92 Å². The molecule has 0 atom stereocenters. The van der Waals surface area contributed by atoms with Crippen LogP contribution in [0, 0.1) is 0 Å². The molecule has 174 valence electrons. The van der Waals surface area contributed by atoms with Gasteiger partial charge in [-0.3, -0.25) is 19.4 Å². The zero-order valence-corrected chi connectivity index (χ0v) is 19.5. The van der Waals surface area contributed by atoms with E-state index in [-0.39, 0.29) is 11.7 Å². The Morgan fingerprint density at radius 3 is 2.42 bits per heavy atom. The van der Waals surface area contributed by atoms with E-state index in [4.69, 9.17) is 5.10 Å². The molecule has 2 aliphatic heterocycles. The minimum Gasteiger partial charge on any atom is -0.339 e. The monoisotopic (exact) mass is 447 g/mol. The first kappa shape index (κ1) is 22.0. The highest BCUT2D eigenvalue weighted by Crippen LogP contribution is 2.26. The number of carbonyl (C=O) groups is 2. The second kappa shape index (κ2) is 9.23. The second-order valence-corrected chi connectivity index (χ2v) is 9.66. The van der Waals surface area contributed by atoms with E-state index < -0.39 is 0 Å². The zero-order valence-electron chi connectivity index (χ0n) is 19.5. The Kier molecular flexibility index (Phi) is 6.17. The fourth-order valence-electron chi connectivity index (χ4n) is 5.03. The summed E-state index contributed by atoms with van der Waals surface area (Å²) >= 11 is 0. The summed E-state index contributed by atoms with van der Waals surface area (Å²) in [5, 5.41) is 4.76. The Morgan fingerprint density at radius 1 is 1.06 bits per heavy atom. The molecule has 1 saturated heterocycles. The van der Waals surface area contributed by atoms with Crippen molar-refractivity contribution in [1.82, 2.24) is 24.5 Å². The van der Waals surface area contributed by atoms with Crippen molar-refractivity contribution < 1.29 is 9.59 Å². The third kappa shape index (κ3) is 4.66. The lowest BCUT2D eigenvalue weighted by Crippen LogP contribution is -2.55. The number of hydrogen-bond acceptors (Lipinski definition) is 5. The number of amides is 1. The van der Waals surface area contributed by atoms with Gasteiger partial charge >= 0.3 is 0 Å². The van der Waals surface area contributed by atoms with Crippen molar-refractivity contribution in [2.45, 2.75) is 45.2 Å². The molecular formula is C26H33N5O2. The summed E-state index contributed by atoms with van der Waals surface area (Å²) in [6, 6.07) is 8.24. The summed E-state index contributed by atoms with van der Waals surface area (Å²) in [4.78, 5) is 31.9. The van der Waals surface area contributed by atoms with E-state index >= 15 is 0 Å². The maximum atomic E-state index is 12.9. The number of piperazine rings is 1. The van der Waals surface area contributed by atoms with Gasteiger partial charge in [0.2, 0.25) is 5.91 Å². The normalized spacial score (nSPS) is 19.7. The van der Waals surface area contributed by atoms with Gasteiger partial charge in [0.25, 0.3) is 0 Å². The number of carbonyl (C=O) groups excluding carboxylic acids is 2. The number of allylic oxidation sites excluding steroid dienone is 1. The van der Waals surface area contributed by atoms with Gasteiger partial charge in [-0.25, -0.2) is 4.68 Å². The molecule has 7 nitrogen and oxygen atoms in total. The molecule has 2 fully saturated rings. The lowest BCUT2D eigenvalue weighted by atomic mass is 9.91. The van der Waals surface area contributed by atoms with Crippen LogP contribution in [-0.4, -0.2) is 81.5 Å². The molecule has 0 radical (unpaired) electrons. The third-order valence-corrected chi connectivity index (χ3v) is 7.33. The highest BCUT2D eigenvalue weighted by Gasteiger charge is 2.30. The number of fused-ring (bicyclic) bond motifs is 1. The molecule has 0 spiro atoms. The lowest BCUT2D eigenvalue weighted by Gasteiger charge is -2.43. The molecule has 1 amide bonds. The van der Waals surface area contributed by atoms with E-state index in [0.717, 1.165) is 63.1 Å². The quantitative estimate of drug-likeness (QED) is 0.503. The van der Waals surface area contributed by atoms with Crippen LogP contribution in [0.5, 0.6) is 0 Å². The predicted octanol–water partition coefficient (Wildman–Crippen LogP) is 2.69. The molecule has 3 aliphatic rings. The molecule has 3 heterocycles. The molecular weight excluding hydrogens is 414 g/mol. The Labute approximate surface area is 195 Å². The van der Waals surface area contributed by atoms with Crippen molar-refractivity contribution >= 4 is 11.7 Å². The van der Waals surface area contributed by atoms with Crippen molar-refractivity contribution in [2.75, 3.05) is 39.3 Å². The molecule has 0 unspecified atom stereocenters. The third-order valence-electron chi connectivity index (χ3n) is 7.33. The first-order chi connectivity index (χ1) is 16.0. The van der Waals surface area contributed by atoms with Gasteiger partial charge in [-0.1, -0.05) is 13.0 Å². The van der Waals surface area contributed by atoms with Gasteiger partial charge in [0.15, 0.2) is 5.78 Å². The van der Waals surface area contributed by atoms with Crippen LogP contribution >= 0.6 is 0 Å². The fourth-order valence-corrected chi connectivity index (χ4v) is 5.03. The highest BCUT2D eigenvalue weighted by molar-refractivity contribution is 6.07. The molecule has 1 aromatic carbocycles. The Hall–Kier alpha value is -2.77. The van der Waals surface area contributed by atoms with Crippen LogP contribution in [0.2, 0.25) is 0 Å². The van der Waals surface area contributed by atoms with Gasteiger partial charge in [0.05, 0.1) is 17.9 Å². The maximum Gasteiger partial charge on any atom is 0.236 e. The van der Waals surface area contributed by atoms with E-state index in [1.807, 2.05) is 33.8 Å². The number of rotatable bonds is 6. The Balaban J connectivity index is 1.17. The molecule has 1 saturated carbocycles. The predicted molar refractivity (Wildman–Crippen MR) is 127 cm³/mol. The first-order valence-electron chi connectivity index (χ1n) is 12.1. The van der Waals surface area contributed by atoms with Crippen molar-refractivity contribution in [3.8, 4) is 5.69 Å². The van der Waals surface area contributed by atoms with Gasteiger partial charge in [-0.15, -0.1) is 0 Å². The van der Waals surface area contributed by atoms with Crippen molar-refractivity contribution in [3.63, 3.8) is 0 Å². The zero-order chi connectivity index (χ0) is 22.9. The molecule has 7 heteroatoms. The maximum absolute atomic E-state index is 12.9. The second-order valence-electron chi connectivity index (χ2n) is 9.66. The Bertz CT molecular complexity index is 1050. The summed E-state index contributed by atoms with van der Waals surface area (Å²) in [7, 11) is 0. The summed E-state index contributed by atoms with van der Waals surface area (Å²) in [6.07, 6.45) is 6.91. The molecule has 1 aliphatic carbocycles. The average molecular weight is 448 g/mol. The lowest BCUT2D eigenvalue weighted by molar-refractivity contribution is -0.135. The van der Waals surface area contributed by atoms with E-state index in [0.29, 0.717) is 17.7 Å². The van der Waals surface area contributed by atoms with Gasteiger partial charge in [-0.05, 0) is 49.6 Å². The van der Waals surface area contributed by atoms with Crippen LogP contribution in [-0.2, 0) is 17.8 Å². The first-order valence-corrected chi connectivity index (χ1v) is 12.1. The topological polar surface area (TPSA) is 61.7 Å². The number of nitrogens with zero attached hydrogens (tertiary/aromatic N) is 5. The summed E-state index contributed by atoms with van der Waals surface area (Å²) in [5.41, 5.74) is 4.36. The number of benzene rings is 1. The fraction of sp³-hybridized carbons (Fsp3) is 0.500.